The Balaban J connectivity index is 2.26. The van der Waals surface area contributed by atoms with Crippen LogP contribution in [0.15, 0.2) is 37.8 Å². The van der Waals surface area contributed by atoms with Crippen LogP contribution < -0.4 is 0 Å². The van der Waals surface area contributed by atoms with E-state index in [1.807, 2.05) is 19.1 Å². The van der Waals surface area contributed by atoms with Gasteiger partial charge in [-0.05, 0) is 37.1 Å². The number of fused-ring (bicyclic) bond motifs is 2. The Labute approximate surface area is 135 Å². The van der Waals surface area contributed by atoms with E-state index >= 15 is 0 Å². The van der Waals surface area contributed by atoms with Gasteiger partial charge in [-0.2, -0.15) is 0 Å². The Morgan fingerprint density at radius 3 is 2.26 bits per heavy atom. The Bertz CT molecular complexity index is 696. The number of hydrogen-bond donors (Lipinski definition) is 0. The first-order valence-corrected chi connectivity index (χ1v) is 8.39. The molecule has 0 spiro atoms. The molecule has 98 valence electrons. The second-order valence-electron chi connectivity index (χ2n) is 4.31. The van der Waals surface area contributed by atoms with Gasteiger partial charge in [-0.15, -0.1) is 0 Å². The minimum absolute atomic E-state index is 0.628. The van der Waals surface area contributed by atoms with E-state index in [2.05, 4.69) is 13.0 Å². The van der Waals surface area contributed by atoms with Gasteiger partial charge in [-0.25, -0.2) is 0 Å². The molecule has 0 nitrogen and oxygen atoms in total. The van der Waals surface area contributed by atoms with Gasteiger partial charge in [0.1, 0.15) is 0 Å². The number of halogens is 3. The molecule has 5 heteroatoms. The number of benzene rings is 2. The molecule has 1 aliphatic rings. The second kappa shape index (κ2) is 5.09. The summed E-state index contributed by atoms with van der Waals surface area (Å²) < 4.78 is 0. The zero-order chi connectivity index (χ0) is 13.7. The summed E-state index contributed by atoms with van der Waals surface area (Å²) in [7, 11) is 0. The van der Waals surface area contributed by atoms with Crippen molar-refractivity contribution in [2.75, 3.05) is 0 Å². The van der Waals surface area contributed by atoms with Crippen molar-refractivity contribution in [3.8, 4) is 0 Å². The van der Waals surface area contributed by atoms with E-state index in [0.717, 1.165) is 20.4 Å². The van der Waals surface area contributed by atoms with E-state index in [1.54, 1.807) is 23.5 Å². The van der Waals surface area contributed by atoms with Gasteiger partial charge in [0.25, 0.3) is 0 Å². The third kappa shape index (κ3) is 2.18. The molecule has 0 atom stereocenters. The van der Waals surface area contributed by atoms with Crippen LogP contribution in [0.25, 0.3) is 0 Å². The molecule has 0 saturated heterocycles. The van der Waals surface area contributed by atoms with E-state index in [9.17, 15) is 0 Å². The average Bonchev–Trinajstić information content (AvgIpc) is 2.42. The molecule has 0 radical (unpaired) electrons. The molecular formula is C14H9Cl3S2. The van der Waals surface area contributed by atoms with Crippen molar-refractivity contribution in [2.45, 2.75) is 33.4 Å². The van der Waals surface area contributed by atoms with Crippen molar-refractivity contribution in [3.63, 3.8) is 0 Å². The first-order valence-electron chi connectivity index (χ1n) is 5.63. The third-order valence-corrected chi connectivity index (χ3v) is 7.45. The van der Waals surface area contributed by atoms with Gasteiger partial charge in [0.2, 0.25) is 0 Å². The lowest BCUT2D eigenvalue weighted by atomic mass is 10.1. The van der Waals surface area contributed by atoms with E-state index < -0.39 is 0 Å². The van der Waals surface area contributed by atoms with E-state index in [4.69, 9.17) is 34.8 Å². The topological polar surface area (TPSA) is 0 Å². The molecular weight excluding hydrogens is 339 g/mol. The quantitative estimate of drug-likeness (QED) is 0.434. The van der Waals surface area contributed by atoms with E-state index in [0.29, 0.717) is 10.0 Å². The first kappa shape index (κ1) is 14.0. The van der Waals surface area contributed by atoms with Gasteiger partial charge >= 0.3 is 0 Å². The molecule has 1 aliphatic heterocycles. The molecule has 2 aromatic carbocycles. The lowest BCUT2D eigenvalue weighted by Gasteiger charge is -2.23. The summed E-state index contributed by atoms with van der Waals surface area (Å²) in [6.07, 6.45) is 0. The molecule has 0 saturated carbocycles. The highest BCUT2D eigenvalue weighted by Crippen LogP contribution is 2.56. The van der Waals surface area contributed by atoms with Crippen molar-refractivity contribution in [1.29, 1.82) is 0 Å². The fourth-order valence-electron chi connectivity index (χ4n) is 1.96. The van der Waals surface area contributed by atoms with Gasteiger partial charge in [-0.1, -0.05) is 64.4 Å². The monoisotopic (exact) mass is 346 g/mol. The van der Waals surface area contributed by atoms with Crippen LogP contribution in [0.5, 0.6) is 0 Å². The summed E-state index contributed by atoms with van der Waals surface area (Å²) in [5, 5.41) is 2.02. The summed E-state index contributed by atoms with van der Waals surface area (Å²) >= 11 is 22.3. The Morgan fingerprint density at radius 1 is 0.789 bits per heavy atom. The molecule has 0 bridgehead atoms. The molecule has 3 rings (SSSR count). The smallest absolute Gasteiger partial charge is 0.0746 e. The molecule has 0 N–H and O–H groups in total. The normalized spacial score (nSPS) is 13.1. The average molecular weight is 348 g/mol. The van der Waals surface area contributed by atoms with Gasteiger partial charge in [0, 0.05) is 19.6 Å². The van der Waals surface area contributed by atoms with Crippen LogP contribution in [-0.2, 0) is 0 Å². The Kier molecular flexibility index (Phi) is 3.74. The zero-order valence-corrected chi connectivity index (χ0v) is 14.1. The van der Waals surface area contributed by atoms with Crippen LogP contribution >= 0.6 is 58.3 Å². The van der Waals surface area contributed by atoms with Gasteiger partial charge < -0.3 is 0 Å². The fourth-order valence-corrected chi connectivity index (χ4v) is 5.56. The van der Waals surface area contributed by atoms with Crippen LogP contribution in [-0.4, -0.2) is 0 Å². The standard InChI is InChI=1S/C14H9Cl3S2/c1-6-7(2)12-14(11(17)10(6)16)19-13-8(15)4-3-5-9(13)18-12/h3-5H,1-2H3. The van der Waals surface area contributed by atoms with Crippen molar-refractivity contribution in [3.05, 3.63) is 44.4 Å². The van der Waals surface area contributed by atoms with Gasteiger partial charge in [-0.3, -0.25) is 0 Å². The predicted molar refractivity (Wildman–Crippen MR) is 85.6 cm³/mol. The van der Waals surface area contributed by atoms with Gasteiger partial charge in [0.15, 0.2) is 0 Å². The van der Waals surface area contributed by atoms with Crippen molar-refractivity contribution in [1.82, 2.24) is 0 Å². The van der Waals surface area contributed by atoms with Crippen LogP contribution in [0.4, 0.5) is 0 Å². The minimum atomic E-state index is 0.628. The van der Waals surface area contributed by atoms with E-state index in [-0.39, 0.29) is 0 Å². The predicted octanol–water partition coefficient (Wildman–Crippen LogP) is 6.88. The van der Waals surface area contributed by atoms with Crippen molar-refractivity contribution >= 4 is 58.3 Å². The lowest BCUT2D eigenvalue weighted by molar-refractivity contribution is 1.09. The molecule has 1 heterocycles. The minimum Gasteiger partial charge on any atom is -0.0873 e. The lowest BCUT2D eigenvalue weighted by Crippen LogP contribution is -1.97. The van der Waals surface area contributed by atoms with Crippen LogP contribution in [0.3, 0.4) is 0 Å². The molecule has 0 aliphatic carbocycles. The summed E-state index contributed by atoms with van der Waals surface area (Å²) in [5.74, 6) is 0. The highest BCUT2D eigenvalue weighted by Gasteiger charge is 2.26. The van der Waals surface area contributed by atoms with Crippen LogP contribution in [0.1, 0.15) is 11.1 Å². The highest BCUT2D eigenvalue weighted by atomic mass is 35.5. The molecule has 2 aromatic rings. The summed E-state index contributed by atoms with van der Waals surface area (Å²) in [5.41, 5.74) is 2.23. The molecule has 19 heavy (non-hydrogen) atoms. The number of hydrogen-bond acceptors (Lipinski definition) is 2. The maximum Gasteiger partial charge on any atom is 0.0746 e. The largest absolute Gasteiger partial charge is 0.0873 e. The molecule has 0 amide bonds. The van der Waals surface area contributed by atoms with Crippen LogP contribution in [0.2, 0.25) is 15.1 Å². The molecule has 0 fully saturated rings. The van der Waals surface area contributed by atoms with Gasteiger partial charge in [0.05, 0.1) is 15.1 Å². The zero-order valence-electron chi connectivity index (χ0n) is 10.2. The van der Waals surface area contributed by atoms with Crippen LogP contribution in [0, 0.1) is 13.8 Å². The maximum absolute atomic E-state index is 6.40. The first-order chi connectivity index (χ1) is 9.00. The summed E-state index contributed by atoms with van der Waals surface area (Å²) in [4.78, 5) is 4.43. The Hall–Kier alpha value is 0.01000. The summed E-state index contributed by atoms with van der Waals surface area (Å²) in [6.45, 7) is 4.09. The van der Waals surface area contributed by atoms with E-state index in [1.165, 1.54) is 15.4 Å². The Morgan fingerprint density at radius 2 is 1.53 bits per heavy atom. The van der Waals surface area contributed by atoms with Crippen molar-refractivity contribution < 1.29 is 0 Å². The third-order valence-electron chi connectivity index (χ3n) is 3.18. The SMILES string of the molecule is Cc1c(C)c2c(c(Cl)c1Cl)Sc1c(Cl)cccc1S2. The molecule has 0 unspecified atom stereocenters. The maximum atomic E-state index is 6.40. The van der Waals surface area contributed by atoms with Crippen molar-refractivity contribution in [2.24, 2.45) is 0 Å². The molecule has 0 aromatic heterocycles. The highest BCUT2D eigenvalue weighted by molar-refractivity contribution is 8.05. The second-order valence-corrected chi connectivity index (χ2v) is 7.54. The summed E-state index contributed by atoms with van der Waals surface area (Å²) in [6, 6.07) is 5.95. The number of rotatable bonds is 0. The fraction of sp³-hybridized carbons (Fsp3) is 0.143.